The monoisotopic (exact) mass is 419 g/mol. The number of hydrogen-bond acceptors (Lipinski definition) is 6. The number of benzene rings is 1. The molecule has 0 aliphatic carbocycles. The maximum absolute atomic E-state index is 12.2. The van der Waals surface area contributed by atoms with E-state index in [0.717, 1.165) is 31.5 Å². The van der Waals surface area contributed by atoms with Crippen LogP contribution in [-0.4, -0.2) is 24.0 Å². The van der Waals surface area contributed by atoms with Crippen LogP contribution in [0.2, 0.25) is 0 Å². The van der Waals surface area contributed by atoms with Crippen LogP contribution >= 0.6 is 11.8 Å². The number of thioether (sulfide) groups is 1. The number of nitrogens with zero attached hydrogens (tertiary/aromatic N) is 4. The van der Waals surface area contributed by atoms with Crippen molar-refractivity contribution < 1.29 is 4.79 Å². The van der Waals surface area contributed by atoms with Gasteiger partial charge in [-0.25, -0.2) is 4.98 Å². The third kappa shape index (κ3) is 4.42. The molecule has 1 aliphatic rings. The van der Waals surface area contributed by atoms with Crippen LogP contribution in [0.4, 0.5) is 5.82 Å². The van der Waals surface area contributed by atoms with Gasteiger partial charge in [0.05, 0.1) is 11.1 Å². The minimum absolute atomic E-state index is 0.357. The van der Waals surface area contributed by atoms with Crippen LogP contribution in [0.3, 0.4) is 0 Å². The highest BCUT2D eigenvalue weighted by molar-refractivity contribution is 8.00. The molecule has 0 spiro atoms. The van der Waals surface area contributed by atoms with Crippen LogP contribution in [0.25, 0.3) is 0 Å². The molecule has 2 heterocycles. The second-order valence-electron chi connectivity index (χ2n) is 7.53. The van der Waals surface area contributed by atoms with E-state index in [2.05, 4.69) is 24.0 Å². The number of carbonyl (C=O) groups is 1. The first kappa shape index (κ1) is 21.7. The molecule has 1 aromatic heterocycles. The molecular formula is C23H25N5OS. The number of primary amides is 1. The van der Waals surface area contributed by atoms with E-state index < -0.39 is 11.2 Å². The van der Waals surface area contributed by atoms with Crippen LogP contribution < -0.4 is 10.6 Å². The molecule has 0 radical (unpaired) electrons. The Kier molecular flexibility index (Phi) is 6.97. The Hall–Kier alpha value is -3.03. The van der Waals surface area contributed by atoms with Gasteiger partial charge in [0.2, 0.25) is 5.91 Å². The largest absolute Gasteiger partial charge is 0.368 e. The molecule has 2 aromatic rings. The van der Waals surface area contributed by atoms with Gasteiger partial charge in [0.15, 0.2) is 0 Å². The lowest BCUT2D eigenvalue weighted by molar-refractivity contribution is -0.117. The second-order valence-corrected chi connectivity index (χ2v) is 8.62. The Labute approximate surface area is 181 Å². The lowest BCUT2D eigenvalue weighted by atomic mass is 9.97. The molecule has 1 saturated heterocycles. The zero-order chi connectivity index (χ0) is 21.7. The number of pyridine rings is 1. The summed E-state index contributed by atoms with van der Waals surface area (Å²) in [6.07, 6.45) is 2.60. The fraction of sp³-hybridized carbons (Fsp3) is 0.391. The normalized spacial score (nSPS) is 15.3. The molecule has 154 valence electrons. The highest BCUT2D eigenvalue weighted by atomic mass is 32.2. The van der Waals surface area contributed by atoms with E-state index in [0.29, 0.717) is 39.9 Å². The van der Waals surface area contributed by atoms with Gasteiger partial charge < -0.3 is 10.6 Å². The Morgan fingerprint density at radius 1 is 1.23 bits per heavy atom. The maximum Gasteiger partial charge on any atom is 0.235 e. The molecule has 1 atom stereocenters. The van der Waals surface area contributed by atoms with Gasteiger partial charge in [0.25, 0.3) is 0 Å². The van der Waals surface area contributed by atoms with Crippen LogP contribution in [0.1, 0.15) is 54.2 Å². The molecule has 2 N–H and O–H groups in total. The van der Waals surface area contributed by atoms with E-state index >= 15 is 0 Å². The molecule has 1 unspecified atom stereocenters. The molecule has 1 aromatic carbocycles. The Morgan fingerprint density at radius 3 is 2.40 bits per heavy atom. The number of rotatable bonds is 6. The zero-order valence-corrected chi connectivity index (χ0v) is 18.1. The van der Waals surface area contributed by atoms with Gasteiger partial charge in [0, 0.05) is 13.1 Å². The lowest BCUT2D eigenvalue weighted by Crippen LogP contribution is -2.34. The van der Waals surface area contributed by atoms with Gasteiger partial charge >= 0.3 is 0 Å². The molecule has 0 bridgehead atoms. The van der Waals surface area contributed by atoms with Crippen molar-refractivity contribution in [3.63, 3.8) is 0 Å². The number of anilines is 1. The number of carbonyl (C=O) groups excluding carboxylic acids is 1. The summed E-state index contributed by atoms with van der Waals surface area (Å²) in [5.41, 5.74) is 7.96. The first-order valence-corrected chi connectivity index (χ1v) is 11.0. The van der Waals surface area contributed by atoms with Gasteiger partial charge in [-0.05, 0) is 36.3 Å². The topological polar surface area (TPSA) is 107 Å². The molecule has 7 heteroatoms. The van der Waals surface area contributed by atoms with Crippen molar-refractivity contribution in [2.24, 2.45) is 11.7 Å². The highest BCUT2D eigenvalue weighted by Crippen LogP contribution is 2.40. The smallest absolute Gasteiger partial charge is 0.235 e. The summed E-state index contributed by atoms with van der Waals surface area (Å²) in [6.45, 7) is 5.79. The quantitative estimate of drug-likeness (QED) is 0.711. The molecule has 0 saturated carbocycles. The number of hydrogen-bond donors (Lipinski definition) is 1. The Morgan fingerprint density at radius 2 is 1.87 bits per heavy atom. The number of nitrogens with two attached hydrogens (primary N) is 1. The van der Waals surface area contributed by atoms with Crippen LogP contribution in [0.15, 0.2) is 35.4 Å². The summed E-state index contributed by atoms with van der Waals surface area (Å²) in [7, 11) is 0. The number of amides is 1. The van der Waals surface area contributed by atoms with E-state index in [9.17, 15) is 15.3 Å². The van der Waals surface area contributed by atoms with E-state index in [1.54, 1.807) is 0 Å². The number of aromatic nitrogens is 1. The van der Waals surface area contributed by atoms with Crippen molar-refractivity contribution in [1.82, 2.24) is 4.98 Å². The van der Waals surface area contributed by atoms with Crippen molar-refractivity contribution in [1.29, 1.82) is 10.5 Å². The molecule has 30 heavy (non-hydrogen) atoms. The van der Waals surface area contributed by atoms with Gasteiger partial charge in [0.1, 0.15) is 28.2 Å². The third-order valence-electron chi connectivity index (χ3n) is 5.50. The van der Waals surface area contributed by atoms with Gasteiger partial charge in [-0.3, -0.25) is 4.79 Å². The Bertz CT molecular complexity index is 1000. The average molecular weight is 420 g/mol. The molecule has 3 rings (SSSR count). The summed E-state index contributed by atoms with van der Waals surface area (Å²) in [5.74, 6) is 0.758. The predicted molar refractivity (Wildman–Crippen MR) is 118 cm³/mol. The molecule has 1 aliphatic heterocycles. The average Bonchev–Trinajstić information content (AvgIpc) is 2.77. The van der Waals surface area contributed by atoms with E-state index in [-0.39, 0.29) is 0 Å². The van der Waals surface area contributed by atoms with Crippen molar-refractivity contribution in [2.45, 2.75) is 43.4 Å². The Balaban J connectivity index is 2.11. The van der Waals surface area contributed by atoms with Crippen molar-refractivity contribution in [2.75, 3.05) is 18.0 Å². The summed E-state index contributed by atoms with van der Waals surface area (Å²) in [6, 6.07) is 13.7. The van der Waals surface area contributed by atoms with Gasteiger partial charge in [-0.1, -0.05) is 55.9 Å². The minimum Gasteiger partial charge on any atom is -0.368 e. The number of nitriles is 2. The SMILES string of the molecule is CCc1c(C#N)c(SC(C(N)=O)c2ccccc2)nc(N2CCC(C)CC2)c1C#N. The summed E-state index contributed by atoms with van der Waals surface area (Å²) < 4.78 is 0. The molecule has 1 amide bonds. The standard InChI is InChI=1S/C23H25N5OS/c1-3-17-18(13-24)22(28-11-9-15(2)10-12-28)27-23(19(17)14-25)30-20(21(26)29)16-7-5-4-6-8-16/h4-8,15,20H,3,9-12H2,1-2H3,(H2,26,29). The van der Waals surface area contributed by atoms with Crippen LogP contribution in [0, 0.1) is 28.6 Å². The van der Waals surface area contributed by atoms with E-state index in [1.165, 1.54) is 11.8 Å². The van der Waals surface area contributed by atoms with Crippen LogP contribution in [-0.2, 0) is 11.2 Å². The zero-order valence-electron chi connectivity index (χ0n) is 17.3. The van der Waals surface area contributed by atoms with Gasteiger partial charge in [-0.15, -0.1) is 0 Å². The number of piperidine rings is 1. The summed E-state index contributed by atoms with van der Waals surface area (Å²) >= 11 is 1.18. The van der Waals surface area contributed by atoms with E-state index in [4.69, 9.17) is 10.7 Å². The molecule has 6 nitrogen and oxygen atoms in total. The molecule has 1 fully saturated rings. The fourth-order valence-corrected chi connectivity index (χ4v) is 4.81. The fourth-order valence-electron chi connectivity index (χ4n) is 3.75. The van der Waals surface area contributed by atoms with Crippen molar-refractivity contribution in [3.05, 3.63) is 52.6 Å². The van der Waals surface area contributed by atoms with Crippen molar-refractivity contribution in [3.8, 4) is 12.1 Å². The van der Waals surface area contributed by atoms with Crippen LogP contribution in [0.5, 0.6) is 0 Å². The molecular weight excluding hydrogens is 394 g/mol. The van der Waals surface area contributed by atoms with Gasteiger partial charge in [-0.2, -0.15) is 10.5 Å². The predicted octanol–water partition coefficient (Wildman–Crippen LogP) is 3.94. The lowest BCUT2D eigenvalue weighted by Gasteiger charge is -2.32. The first-order chi connectivity index (χ1) is 14.5. The summed E-state index contributed by atoms with van der Waals surface area (Å²) in [4.78, 5) is 19.1. The highest BCUT2D eigenvalue weighted by Gasteiger charge is 2.28. The second kappa shape index (κ2) is 9.65. The minimum atomic E-state index is -0.669. The first-order valence-electron chi connectivity index (χ1n) is 10.1. The third-order valence-corrected chi connectivity index (χ3v) is 6.76. The summed E-state index contributed by atoms with van der Waals surface area (Å²) in [5, 5.41) is 19.5. The maximum atomic E-state index is 12.2. The van der Waals surface area contributed by atoms with Crippen molar-refractivity contribution >= 4 is 23.5 Å². The van der Waals surface area contributed by atoms with E-state index in [1.807, 2.05) is 37.3 Å².